The lowest BCUT2D eigenvalue weighted by molar-refractivity contribution is -0.137. The van der Waals surface area contributed by atoms with Crippen molar-refractivity contribution in [2.45, 2.75) is 25.6 Å². The Morgan fingerprint density at radius 2 is 1.62 bits per heavy atom. The van der Waals surface area contributed by atoms with E-state index in [0.717, 1.165) is 16.9 Å². The number of amides is 2. The average Bonchev–Trinajstić information content (AvgIpc) is 2.87. The van der Waals surface area contributed by atoms with Gasteiger partial charge >= 0.3 is 0 Å². The Bertz CT molecular complexity index is 841. The molecule has 2 amide bonds. The van der Waals surface area contributed by atoms with Crippen molar-refractivity contribution in [2.24, 2.45) is 0 Å². The number of imide groups is 1. The zero-order valence-corrected chi connectivity index (χ0v) is 15.9. The molecule has 26 heavy (non-hydrogen) atoms. The van der Waals surface area contributed by atoms with E-state index in [1.165, 1.54) is 16.7 Å². The van der Waals surface area contributed by atoms with E-state index in [1.807, 2.05) is 68.4 Å². The highest BCUT2D eigenvalue weighted by molar-refractivity contribution is 8.04. The number of nitrogens with zero attached hydrogens (tertiary/aromatic N) is 1. The van der Waals surface area contributed by atoms with Crippen molar-refractivity contribution in [1.29, 1.82) is 0 Å². The van der Waals surface area contributed by atoms with Crippen molar-refractivity contribution in [3.8, 4) is 5.75 Å². The maximum atomic E-state index is 13.0. The van der Waals surface area contributed by atoms with Gasteiger partial charge in [-0.3, -0.25) is 14.5 Å². The number of hydrogen-bond donors (Lipinski definition) is 0. The third-order valence-corrected chi connectivity index (χ3v) is 5.13. The van der Waals surface area contributed by atoms with Crippen LogP contribution in [0.1, 0.15) is 25.0 Å². The number of carbonyl (C=O) groups excluding carboxylic acids is 2. The van der Waals surface area contributed by atoms with Gasteiger partial charge in [-0.1, -0.05) is 56.3 Å². The smallest absolute Gasteiger partial charge is 0.268 e. The molecule has 3 rings (SSSR count). The number of carbonyl (C=O) groups is 2. The minimum Gasteiger partial charge on any atom is -0.497 e. The maximum absolute atomic E-state index is 13.0. The molecule has 0 bridgehead atoms. The largest absolute Gasteiger partial charge is 0.497 e. The minimum atomic E-state index is -0.236. The van der Waals surface area contributed by atoms with Gasteiger partial charge in [0.05, 0.1) is 24.1 Å². The SMILES string of the molecule is COc1ccc(CN2C(=O)C(SC(C)C)=C(c3ccccc3)C2=O)cc1. The number of benzene rings is 2. The van der Waals surface area contributed by atoms with Crippen LogP contribution in [0.3, 0.4) is 0 Å². The predicted octanol–water partition coefficient (Wildman–Crippen LogP) is 4.12. The van der Waals surface area contributed by atoms with Gasteiger partial charge in [-0.05, 0) is 23.3 Å². The number of rotatable bonds is 6. The van der Waals surface area contributed by atoms with Crippen molar-refractivity contribution >= 4 is 29.1 Å². The third kappa shape index (κ3) is 3.68. The van der Waals surface area contributed by atoms with Gasteiger partial charge in [-0.15, -0.1) is 11.8 Å². The minimum absolute atomic E-state index is 0.210. The summed E-state index contributed by atoms with van der Waals surface area (Å²) in [5, 5.41) is 0.210. The lowest BCUT2D eigenvalue weighted by Gasteiger charge is -2.15. The van der Waals surface area contributed by atoms with Crippen LogP contribution in [-0.2, 0) is 16.1 Å². The molecule has 1 aliphatic heterocycles. The highest BCUT2D eigenvalue weighted by Crippen LogP contribution is 2.38. The lowest BCUT2D eigenvalue weighted by atomic mass is 10.1. The van der Waals surface area contributed by atoms with E-state index in [4.69, 9.17) is 4.74 Å². The van der Waals surface area contributed by atoms with Gasteiger partial charge in [0.2, 0.25) is 0 Å². The first kappa shape index (κ1) is 18.3. The molecule has 0 fully saturated rings. The molecule has 0 N–H and O–H groups in total. The number of ether oxygens (including phenoxy) is 1. The van der Waals surface area contributed by atoms with Crippen molar-refractivity contribution in [3.05, 3.63) is 70.6 Å². The second-order valence-electron chi connectivity index (χ2n) is 6.28. The summed E-state index contributed by atoms with van der Waals surface area (Å²) < 4.78 is 5.16. The van der Waals surface area contributed by atoms with Crippen molar-refractivity contribution in [2.75, 3.05) is 7.11 Å². The molecule has 0 saturated heterocycles. The molecule has 0 atom stereocenters. The second-order valence-corrected chi connectivity index (χ2v) is 7.87. The van der Waals surface area contributed by atoms with Crippen LogP contribution in [0, 0.1) is 0 Å². The molecule has 0 unspecified atom stereocenters. The molecule has 134 valence electrons. The van der Waals surface area contributed by atoms with Crippen LogP contribution in [0.5, 0.6) is 5.75 Å². The molecule has 5 heteroatoms. The molecular weight excluding hydrogens is 346 g/mol. The van der Waals surface area contributed by atoms with Crippen LogP contribution in [0.2, 0.25) is 0 Å². The summed E-state index contributed by atoms with van der Waals surface area (Å²) in [5.74, 6) is 0.288. The first-order chi connectivity index (χ1) is 12.5. The Hall–Kier alpha value is -2.53. The Kier molecular flexibility index (Phi) is 5.47. The molecule has 0 aromatic heterocycles. The predicted molar refractivity (Wildman–Crippen MR) is 105 cm³/mol. The highest BCUT2D eigenvalue weighted by atomic mass is 32.2. The molecule has 2 aromatic carbocycles. The summed E-state index contributed by atoms with van der Waals surface area (Å²) in [4.78, 5) is 27.9. The first-order valence-electron chi connectivity index (χ1n) is 8.46. The normalized spacial score (nSPS) is 14.5. The topological polar surface area (TPSA) is 46.6 Å². The van der Waals surface area contributed by atoms with E-state index in [-0.39, 0.29) is 23.6 Å². The molecule has 0 saturated carbocycles. The summed E-state index contributed by atoms with van der Waals surface area (Å²) in [7, 11) is 1.61. The fraction of sp³-hybridized carbons (Fsp3) is 0.238. The number of hydrogen-bond acceptors (Lipinski definition) is 4. The van der Waals surface area contributed by atoms with Crippen LogP contribution >= 0.6 is 11.8 Å². The Labute approximate surface area is 157 Å². The molecule has 1 heterocycles. The molecule has 0 radical (unpaired) electrons. The Balaban J connectivity index is 1.93. The van der Waals surface area contributed by atoms with Gasteiger partial charge in [0.15, 0.2) is 0 Å². The fourth-order valence-corrected chi connectivity index (χ4v) is 3.82. The summed E-state index contributed by atoms with van der Waals surface area (Å²) in [5.41, 5.74) is 2.17. The molecule has 2 aromatic rings. The average molecular weight is 367 g/mol. The summed E-state index contributed by atoms with van der Waals surface area (Å²) >= 11 is 1.44. The van der Waals surface area contributed by atoms with Crippen LogP contribution < -0.4 is 4.74 Å². The monoisotopic (exact) mass is 367 g/mol. The Morgan fingerprint density at radius 1 is 0.962 bits per heavy atom. The van der Waals surface area contributed by atoms with Gasteiger partial charge in [0, 0.05) is 5.25 Å². The summed E-state index contributed by atoms with van der Waals surface area (Å²) in [6.45, 7) is 4.29. The van der Waals surface area contributed by atoms with E-state index in [9.17, 15) is 9.59 Å². The van der Waals surface area contributed by atoms with Crippen LogP contribution in [-0.4, -0.2) is 29.1 Å². The molecule has 4 nitrogen and oxygen atoms in total. The zero-order chi connectivity index (χ0) is 18.7. The van der Waals surface area contributed by atoms with Crippen molar-refractivity contribution in [1.82, 2.24) is 4.90 Å². The van der Waals surface area contributed by atoms with E-state index in [1.54, 1.807) is 7.11 Å². The molecule has 0 spiro atoms. The quantitative estimate of drug-likeness (QED) is 0.721. The van der Waals surface area contributed by atoms with Crippen LogP contribution in [0.15, 0.2) is 59.5 Å². The zero-order valence-electron chi connectivity index (χ0n) is 15.1. The first-order valence-corrected chi connectivity index (χ1v) is 9.34. The van der Waals surface area contributed by atoms with Gasteiger partial charge in [0.25, 0.3) is 11.8 Å². The highest BCUT2D eigenvalue weighted by Gasteiger charge is 2.39. The summed E-state index contributed by atoms with van der Waals surface area (Å²) in [6, 6.07) is 16.8. The van der Waals surface area contributed by atoms with Crippen LogP contribution in [0.4, 0.5) is 0 Å². The van der Waals surface area contributed by atoms with Gasteiger partial charge in [-0.2, -0.15) is 0 Å². The standard InChI is InChI=1S/C21H21NO3S/c1-14(2)26-19-18(16-7-5-4-6-8-16)20(23)22(21(19)24)13-15-9-11-17(25-3)12-10-15/h4-12,14H,13H2,1-3H3. The summed E-state index contributed by atoms with van der Waals surface area (Å²) in [6.07, 6.45) is 0. The fourth-order valence-electron chi connectivity index (χ4n) is 2.82. The molecule has 0 aliphatic carbocycles. The maximum Gasteiger partial charge on any atom is 0.268 e. The van der Waals surface area contributed by atoms with E-state index in [2.05, 4.69) is 0 Å². The van der Waals surface area contributed by atoms with Gasteiger partial charge in [-0.25, -0.2) is 0 Å². The van der Waals surface area contributed by atoms with E-state index < -0.39 is 0 Å². The Morgan fingerprint density at radius 3 is 2.19 bits per heavy atom. The van der Waals surface area contributed by atoms with Crippen molar-refractivity contribution < 1.29 is 14.3 Å². The third-order valence-electron chi connectivity index (χ3n) is 4.04. The van der Waals surface area contributed by atoms with Crippen LogP contribution in [0.25, 0.3) is 5.57 Å². The number of thioether (sulfide) groups is 1. The van der Waals surface area contributed by atoms with Gasteiger partial charge < -0.3 is 4.74 Å². The van der Waals surface area contributed by atoms with Gasteiger partial charge in [0.1, 0.15) is 5.75 Å². The van der Waals surface area contributed by atoms with Crippen molar-refractivity contribution in [3.63, 3.8) is 0 Å². The van der Waals surface area contributed by atoms with E-state index >= 15 is 0 Å². The molecular formula is C21H21NO3S. The lowest BCUT2D eigenvalue weighted by Crippen LogP contribution is -2.31. The number of methoxy groups -OCH3 is 1. The second kappa shape index (κ2) is 7.79. The van der Waals surface area contributed by atoms with E-state index in [0.29, 0.717) is 10.5 Å². The molecule has 1 aliphatic rings.